The van der Waals surface area contributed by atoms with Gasteiger partial charge in [0.15, 0.2) is 0 Å². The van der Waals surface area contributed by atoms with Gasteiger partial charge in [0, 0.05) is 44.1 Å². The third-order valence-electron chi connectivity index (χ3n) is 6.16. The average Bonchev–Trinajstić information content (AvgIpc) is 2.84. The van der Waals surface area contributed by atoms with Crippen molar-refractivity contribution in [1.82, 2.24) is 15.5 Å². The number of benzene rings is 2. The molecule has 2 aromatic carbocycles. The Balaban J connectivity index is 1.53. The van der Waals surface area contributed by atoms with E-state index in [9.17, 15) is 9.59 Å². The zero-order chi connectivity index (χ0) is 23.4. The highest BCUT2D eigenvalue weighted by Gasteiger charge is 2.34. The van der Waals surface area contributed by atoms with Crippen molar-refractivity contribution in [2.45, 2.75) is 13.0 Å². The normalized spacial score (nSPS) is 19.1. The summed E-state index contributed by atoms with van der Waals surface area (Å²) in [6.45, 7) is 5.94. The average molecular weight is 451 g/mol. The summed E-state index contributed by atoms with van der Waals surface area (Å²) in [4.78, 5) is 29.9. The number of rotatable bonds is 6. The quantitative estimate of drug-likeness (QED) is 0.659. The van der Waals surface area contributed by atoms with E-state index in [0.717, 1.165) is 31.7 Å². The molecule has 0 radical (unpaired) electrons. The smallest absolute Gasteiger partial charge is 0.338 e. The van der Waals surface area contributed by atoms with Crippen LogP contribution in [0.2, 0.25) is 0 Å². The Kier molecular flexibility index (Phi) is 6.84. The van der Waals surface area contributed by atoms with Gasteiger partial charge in [-0.05, 0) is 36.8 Å². The Labute approximate surface area is 194 Å². The van der Waals surface area contributed by atoms with E-state index in [-0.39, 0.29) is 6.03 Å². The molecule has 0 saturated carbocycles. The molecule has 33 heavy (non-hydrogen) atoms. The summed E-state index contributed by atoms with van der Waals surface area (Å²) in [6, 6.07) is 14.9. The molecule has 2 aliphatic rings. The van der Waals surface area contributed by atoms with Gasteiger partial charge in [0.25, 0.3) is 0 Å². The van der Waals surface area contributed by atoms with E-state index < -0.39 is 12.0 Å². The molecule has 0 spiro atoms. The van der Waals surface area contributed by atoms with Crippen LogP contribution in [-0.4, -0.2) is 63.8 Å². The lowest BCUT2D eigenvalue weighted by atomic mass is 9.95. The molecule has 8 nitrogen and oxygen atoms in total. The minimum absolute atomic E-state index is 0.336. The van der Waals surface area contributed by atoms with E-state index in [1.165, 1.54) is 18.4 Å². The largest absolute Gasteiger partial charge is 0.497 e. The van der Waals surface area contributed by atoms with Crippen LogP contribution in [0.1, 0.15) is 17.2 Å². The van der Waals surface area contributed by atoms with E-state index >= 15 is 0 Å². The summed E-state index contributed by atoms with van der Waals surface area (Å²) < 4.78 is 10.3. The van der Waals surface area contributed by atoms with Crippen molar-refractivity contribution in [3.05, 3.63) is 70.9 Å². The molecule has 1 saturated heterocycles. The summed E-state index contributed by atoms with van der Waals surface area (Å²) in [5.41, 5.74) is 4.24. The van der Waals surface area contributed by atoms with Crippen molar-refractivity contribution in [2.75, 3.05) is 51.8 Å². The molecule has 2 N–H and O–H groups in total. The van der Waals surface area contributed by atoms with Crippen molar-refractivity contribution in [2.24, 2.45) is 0 Å². The van der Waals surface area contributed by atoms with Crippen molar-refractivity contribution in [1.29, 1.82) is 0 Å². The predicted molar refractivity (Wildman–Crippen MR) is 126 cm³/mol. The van der Waals surface area contributed by atoms with Gasteiger partial charge in [-0.25, -0.2) is 9.59 Å². The molecule has 2 aromatic rings. The first kappa shape index (κ1) is 22.7. The zero-order valence-corrected chi connectivity index (χ0v) is 19.3. The number of piperazine rings is 1. The molecule has 4 rings (SSSR count). The minimum atomic E-state index is -0.596. The molecular weight excluding hydrogens is 420 g/mol. The highest BCUT2D eigenvalue weighted by molar-refractivity contribution is 5.95. The van der Waals surface area contributed by atoms with Crippen molar-refractivity contribution in [3.8, 4) is 5.75 Å². The maximum absolute atomic E-state index is 12.8. The topological polar surface area (TPSA) is 83.1 Å². The van der Waals surface area contributed by atoms with E-state index in [2.05, 4.69) is 51.6 Å². The Morgan fingerprint density at radius 3 is 2.27 bits per heavy atom. The van der Waals surface area contributed by atoms with E-state index in [1.54, 1.807) is 7.11 Å². The number of nitrogens with zero attached hydrogens (tertiary/aromatic N) is 2. The molecular formula is C25H30N4O4. The number of amides is 2. The first-order valence-electron chi connectivity index (χ1n) is 11.1. The van der Waals surface area contributed by atoms with E-state index in [0.29, 0.717) is 23.6 Å². The van der Waals surface area contributed by atoms with Gasteiger partial charge in [-0.1, -0.05) is 29.8 Å². The fourth-order valence-electron chi connectivity index (χ4n) is 4.28. The van der Waals surface area contributed by atoms with Crippen molar-refractivity contribution < 1.29 is 19.1 Å². The fraction of sp³-hybridized carbons (Fsp3) is 0.360. The number of aryl methyl sites for hydroxylation is 1. The molecule has 1 atom stereocenters. The maximum Gasteiger partial charge on any atom is 0.338 e. The first-order chi connectivity index (χ1) is 16.0. The second-order valence-corrected chi connectivity index (χ2v) is 8.29. The number of ether oxygens (including phenoxy) is 2. The SMILES string of the molecule is COC(=O)C1=C(CN2CCN(c3ccc(C)cc3)CC2)NC(=O)NC1c1ccc(OC)cc1. The lowest BCUT2D eigenvalue weighted by Crippen LogP contribution is -2.51. The number of carbonyl (C=O) groups excluding carboxylic acids is 2. The molecule has 2 amide bonds. The van der Waals surface area contributed by atoms with Crippen LogP contribution in [0.4, 0.5) is 10.5 Å². The van der Waals surface area contributed by atoms with Crippen LogP contribution in [0.25, 0.3) is 0 Å². The van der Waals surface area contributed by atoms with Crippen LogP contribution in [0.15, 0.2) is 59.8 Å². The monoisotopic (exact) mass is 450 g/mol. The molecule has 8 heteroatoms. The van der Waals surface area contributed by atoms with Gasteiger partial charge in [0.2, 0.25) is 0 Å². The molecule has 2 aliphatic heterocycles. The van der Waals surface area contributed by atoms with Crippen LogP contribution in [0, 0.1) is 6.92 Å². The van der Waals surface area contributed by atoms with Crippen LogP contribution < -0.4 is 20.3 Å². The fourth-order valence-corrected chi connectivity index (χ4v) is 4.28. The van der Waals surface area contributed by atoms with Gasteiger partial charge in [0.05, 0.1) is 25.8 Å². The molecule has 0 bridgehead atoms. The molecule has 1 unspecified atom stereocenters. The second kappa shape index (κ2) is 9.95. The first-order valence-corrected chi connectivity index (χ1v) is 11.1. The molecule has 1 fully saturated rings. The van der Waals surface area contributed by atoms with Crippen molar-refractivity contribution in [3.63, 3.8) is 0 Å². The Hall–Kier alpha value is -3.52. The third kappa shape index (κ3) is 5.12. The number of hydrogen-bond acceptors (Lipinski definition) is 6. The number of methoxy groups -OCH3 is 2. The molecule has 0 aliphatic carbocycles. The summed E-state index contributed by atoms with van der Waals surface area (Å²) >= 11 is 0. The van der Waals surface area contributed by atoms with Crippen LogP contribution in [-0.2, 0) is 9.53 Å². The summed E-state index contributed by atoms with van der Waals surface area (Å²) in [5.74, 6) is 0.242. The Morgan fingerprint density at radius 2 is 1.67 bits per heavy atom. The van der Waals surface area contributed by atoms with Crippen molar-refractivity contribution >= 4 is 17.7 Å². The lowest BCUT2D eigenvalue weighted by Gasteiger charge is -2.38. The lowest BCUT2D eigenvalue weighted by molar-refractivity contribution is -0.136. The highest BCUT2D eigenvalue weighted by atomic mass is 16.5. The van der Waals surface area contributed by atoms with Gasteiger partial charge < -0.3 is 25.0 Å². The molecule has 2 heterocycles. The molecule has 174 valence electrons. The summed E-state index contributed by atoms with van der Waals surface area (Å²) in [5, 5.41) is 5.71. The number of nitrogens with one attached hydrogen (secondary N) is 2. The summed E-state index contributed by atoms with van der Waals surface area (Å²) in [7, 11) is 2.95. The highest BCUT2D eigenvalue weighted by Crippen LogP contribution is 2.29. The van der Waals surface area contributed by atoms with Gasteiger partial charge in [-0.3, -0.25) is 4.90 Å². The number of carbonyl (C=O) groups is 2. The predicted octanol–water partition coefficient (Wildman–Crippen LogP) is 2.61. The maximum atomic E-state index is 12.8. The van der Waals surface area contributed by atoms with Crippen LogP contribution in [0.5, 0.6) is 5.75 Å². The van der Waals surface area contributed by atoms with E-state index in [4.69, 9.17) is 9.47 Å². The summed E-state index contributed by atoms with van der Waals surface area (Å²) in [6.07, 6.45) is 0. The minimum Gasteiger partial charge on any atom is -0.497 e. The zero-order valence-electron chi connectivity index (χ0n) is 19.3. The van der Waals surface area contributed by atoms with Gasteiger partial charge in [-0.2, -0.15) is 0 Å². The number of urea groups is 1. The Morgan fingerprint density at radius 1 is 1.00 bits per heavy atom. The number of anilines is 1. The number of esters is 1. The van der Waals surface area contributed by atoms with Gasteiger partial charge >= 0.3 is 12.0 Å². The van der Waals surface area contributed by atoms with Gasteiger partial charge in [0.1, 0.15) is 5.75 Å². The molecule has 0 aromatic heterocycles. The van der Waals surface area contributed by atoms with Gasteiger partial charge in [-0.15, -0.1) is 0 Å². The van der Waals surface area contributed by atoms with E-state index in [1.807, 2.05) is 24.3 Å². The van der Waals surface area contributed by atoms with Crippen LogP contribution in [0.3, 0.4) is 0 Å². The standard InChI is InChI=1S/C25H30N4O4/c1-17-4-8-19(9-5-17)29-14-12-28(13-15-29)16-21-22(24(30)33-3)23(27-25(31)26-21)18-6-10-20(32-2)11-7-18/h4-11,23H,12-16H2,1-3H3,(H2,26,27,31). The second-order valence-electron chi connectivity index (χ2n) is 8.29. The number of hydrogen-bond donors (Lipinski definition) is 2. The van der Waals surface area contributed by atoms with Crippen LogP contribution >= 0.6 is 0 Å². The Bertz CT molecular complexity index is 1030. The third-order valence-corrected chi connectivity index (χ3v) is 6.16.